The standard InChI is InChI=1S/C35H52O7/c1-9-20(2)27(37)42-26-25(36)29(3,4)18-22-21-10-11-24-32(8,31(21,7)14-16-34(22,26)28(38)39)13-12-23-30(5,6)35(40)17-15-33(23,24)19-41-35/h9-10,22-26,36,40H,11-19H2,1-8H3,(H,38,39)/b20-9-/t22-,23-,24-,25+,26+,31+,32+,33+,34-,35?/m0/s1. The lowest BCUT2D eigenvalue weighted by Crippen LogP contribution is -2.73. The summed E-state index contributed by atoms with van der Waals surface area (Å²) < 4.78 is 12.3. The fraction of sp³-hybridized carbons (Fsp3) is 0.829. The third-order valence-electron chi connectivity index (χ3n) is 14.7. The zero-order chi connectivity index (χ0) is 30.9. The minimum Gasteiger partial charge on any atom is -0.481 e. The van der Waals surface area contributed by atoms with E-state index < -0.39 is 40.8 Å². The molecule has 2 saturated heterocycles. The van der Waals surface area contributed by atoms with Gasteiger partial charge in [-0.25, -0.2) is 4.79 Å². The molecule has 0 aromatic rings. The summed E-state index contributed by atoms with van der Waals surface area (Å²) in [7, 11) is 0. The molecule has 7 heteroatoms. The third-order valence-corrected chi connectivity index (χ3v) is 14.7. The predicted octanol–water partition coefficient (Wildman–Crippen LogP) is 6.03. The second-order valence-electron chi connectivity index (χ2n) is 16.6. The maximum absolute atomic E-state index is 13.4. The normalized spacial score (nSPS) is 50.4. The first-order valence-electron chi connectivity index (χ1n) is 16.2. The monoisotopic (exact) mass is 584 g/mol. The molecule has 6 fully saturated rings. The molecule has 0 aromatic carbocycles. The molecule has 7 nitrogen and oxygen atoms in total. The number of ether oxygens (including phenoxy) is 2. The van der Waals surface area contributed by atoms with Gasteiger partial charge >= 0.3 is 11.9 Å². The van der Waals surface area contributed by atoms with Gasteiger partial charge in [-0.2, -0.15) is 0 Å². The first kappa shape index (κ1) is 30.3. The number of carboxylic acids is 1. The zero-order valence-electron chi connectivity index (χ0n) is 26.9. The van der Waals surface area contributed by atoms with E-state index in [4.69, 9.17) is 9.47 Å². The number of hydrogen-bond acceptors (Lipinski definition) is 6. The lowest BCUT2D eigenvalue weighted by Gasteiger charge is -2.74. The van der Waals surface area contributed by atoms with Crippen LogP contribution in [0.2, 0.25) is 0 Å². The molecule has 0 amide bonds. The Kier molecular flexibility index (Phi) is 6.46. The van der Waals surface area contributed by atoms with Crippen LogP contribution in [0.1, 0.15) is 107 Å². The van der Waals surface area contributed by atoms with Gasteiger partial charge in [0.15, 0.2) is 5.79 Å². The van der Waals surface area contributed by atoms with Gasteiger partial charge < -0.3 is 24.8 Å². The van der Waals surface area contributed by atoms with Gasteiger partial charge in [-0.05, 0) is 86.9 Å². The van der Waals surface area contributed by atoms with E-state index in [9.17, 15) is 24.9 Å². The highest BCUT2D eigenvalue weighted by Gasteiger charge is 2.75. The largest absolute Gasteiger partial charge is 0.481 e. The fourth-order valence-corrected chi connectivity index (χ4v) is 11.7. The van der Waals surface area contributed by atoms with Crippen molar-refractivity contribution in [2.24, 2.45) is 50.2 Å². The Morgan fingerprint density at radius 3 is 2.31 bits per heavy atom. The van der Waals surface area contributed by atoms with Crippen molar-refractivity contribution in [2.75, 3.05) is 6.61 Å². The van der Waals surface area contributed by atoms with Crippen molar-refractivity contribution in [1.82, 2.24) is 0 Å². The topological polar surface area (TPSA) is 113 Å². The maximum Gasteiger partial charge on any atom is 0.333 e. The van der Waals surface area contributed by atoms with Crippen molar-refractivity contribution in [3.63, 3.8) is 0 Å². The van der Waals surface area contributed by atoms with Crippen LogP contribution in [0.4, 0.5) is 0 Å². The van der Waals surface area contributed by atoms with Crippen LogP contribution in [-0.2, 0) is 19.1 Å². The van der Waals surface area contributed by atoms with Crippen LogP contribution in [0.15, 0.2) is 23.3 Å². The van der Waals surface area contributed by atoms with Crippen molar-refractivity contribution < 1.29 is 34.4 Å². The third kappa shape index (κ3) is 3.39. The van der Waals surface area contributed by atoms with Crippen molar-refractivity contribution in [3.05, 3.63) is 23.3 Å². The highest BCUT2D eigenvalue weighted by atomic mass is 16.6. The number of carbonyl (C=O) groups excluding carboxylic acids is 1. The summed E-state index contributed by atoms with van der Waals surface area (Å²) in [6.07, 6.45) is 7.84. The van der Waals surface area contributed by atoms with Gasteiger partial charge in [-0.1, -0.05) is 59.3 Å². The second-order valence-corrected chi connectivity index (χ2v) is 16.6. The average Bonchev–Trinajstić information content (AvgIpc) is 2.91. The van der Waals surface area contributed by atoms with E-state index in [0.717, 1.165) is 25.7 Å². The van der Waals surface area contributed by atoms with Crippen LogP contribution >= 0.6 is 0 Å². The minimum atomic E-state index is -1.39. The molecule has 7 aliphatic rings. The van der Waals surface area contributed by atoms with E-state index in [-0.39, 0.29) is 27.6 Å². The molecule has 5 aliphatic carbocycles. The fourth-order valence-electron chi connectivity index (χ4n) is 11.7. The molecule has 2 bridgehead atoms. The van der Waals surface area contributed by atoms with Gasteiger partial charge in [-0.15, -0.1) is 0 Å². The summed E-state index contributed by atoms with van der Waals surface area (Å²) in [5, 5.41) is 34.1. The summed E-state index contributed by atoms with van der Waals surface area (Å²) in [4.78, 5) is 26.5. The lowest BCUT2D eigenvalue weighted by atomic mass is 9.32. The molecule has 2 heterocycles. The molecule has 10 atom stereocenters. The molecule has 234 valence electrons. The van der Waals surface area contributed by atoms with Crippen LogP contribution < -0.4 is 0 Å². The van der Waals surface area contributed by atoms with Gasteiger partial charge in [0.1, 0.15) is 11.5 Å². The van der Waals surface area contributed by atoms with Crippen LogP contribution in [0.3, 0.4) is 0 Å². The molecular weight excluding hydrogens is 532 g/mol. The van der Waals surface area contributed by atoms with Gasteiger partial charge in [0.25, 0.3) is 0 Å². The average molecular weight is 585 g/mol. The van der Waals surface area contributed by atoms with E-state index in [0.29, 0.717) is 49.7 Å². The van der Waals surface area contributed by atoms with Gasteiger partial charge in [-0.3, -0.25) is 4.79 Å². The second kappa shape index (κ2) is 8.94. The SMILES string of the molecule is C/C=C(/C)C(=O)O[C@@H]1[C@@H](O)C(C)(C)C[C@H]2C3=CC[C@@H]4[C@]56CCC(O)(OC5)C(C)(C)[C@@H]6CC[C@@]4(C)[C@]3(C)CC[C@@]12C(=O)O. The van der Waals surface area contributed by atoms with Crippen LogP contribution in [0.25, 0.3) is 0 Å². The maximum atomic E-state index is 13.4. The Hall–Kier alpha value is -1.70. The molecule has 1 spiro atoms. The number of aliphatic carboxylic acids is 1. The van der Waals surface area contributed by atoms with E-state index in [1.807, 2.05) is 13.8 Å². The molecule has 4 saturated carbocycles. The molecule has 7 rings (SSSR count). The number of allylic oxidation sites excluding steroid dienone is 3. The van der Waals surface area contributed by atoms with Crippen molar-refractivity contribution in [1.29, 1.82) is 0 Å². The van der Waals surface area contributed by atoms with E-state index in [1.165, 1.54) is 5.57 Å². The van der Waals surface area contributed by atoms with Crippen LogP contribution in [0, 0.1) is 50.2 Å². The Morgan fingerprint density at radius 1 is 1.02 bits per heavy atom. The van der Waals surface area contributed by atoms with E-state index >= 15 is 0 Å². The number of carboxylic acid groups (broad SMARTS) is 1. The Morgan fingerprint density at radius 2 is 1.71 bits per heavy atom. The van der Waals surface area contributed by atoms with Crippen LogP contribution in [0.5, 0.6) is 0 Å². The number of carbonyl (C=O) groups is 2. The molecule has 42 heavy (non-hydrogen) atoms. The number of fused-ring (bicyclic) bond motifs is 7. The number of hydrogen-bond donors (Lipinski definition) is 3. The quantitative estimate of drug-likeness (QED) is 0.211. The predicted molar refractivity (Wildman–Crippen MR) is 158 cm³/mol. The van der Waals surface area contributed by atoms with Crippen molar-refractivity contribution in [3.8, 4) is 0 Å². The number of esters is 1. The summed E-state index contributed by atoms with van der Waals surface area (Å²) >= 11 is 0. The smallest absolute Gasteiger partial charge is 0.333 e. The highest BCUT2D eigenvalue weighted by molar-refractivity contribution is 5.88. The van der Waals surface area contributed by atoms with E-state index in [1.54, 1.807) is 19.9 Å². The van der Waals surface area contributed by atoms with Gasteiger partial charge in [0, 0.05) is 28.7 Å². The Balaban J connectivity index is 1.46. The molecule has 0 aromatic heterocycles. The number of aliphatic hydroxyl groups excluding tert-OH is 1. The Bertz CT molecular complexity index is 1250. The summed E-state index contributed by atoms with van der Waals surface area (Å²) in [6, 6.07) is 0. The minimum absolute atomic E-state index is 0.0164. The molecule has 0 radical (unpaired) electrons. The van der Waals surface area contributed by atoms with Crippen molar-refractivity contribution >= 4 is 11.9 Å². The van der Waals surface area contributed by atoms with Gasteiger partial charge in [0.05, 0.1) is 12.7 Å². The zero-order valence-corrected chi connectivity index (χ0v) is 26.9. The lowest BCUT2D eigenvalue weighted by molar-refractivity contribution is -0.395. The number of rotatable bonds is 3. The van der Waals surface area contributed by atoms with Crippen molar-refractivity contribution in [2.45, 2.75) is 125 Å². The highest BCUT2D eigenvalue weighted by Crippen LogP contribution is 2.78. The molecule has 2 aliphatic heterocycles. The van der Waals surface area contributed by atoms with Crippen LogP contribution in [-0.4, -0.2) is 51.9 Å². The Labute approximate surface area is 251 Å². The van der Waals surface area contributed by atoms with Gasteiger partial charge in [0.2, 0.25) is 0 Å². The summed E-state index contributed by atoms with van der Waals surface area (Å²) in [6.45, 7) is 17.1. The molecule has 3 N–H and O–H groups in total. The first-order chi connectivity index (χ1) is 19.4. The molecular formula is C35H52O7. The summed E-state index contributed by atoms with van der Waals surface area (Å²) in [5.41, 5.74) is -1.08. The van der Waals surface area contributed by atoms with E-state index in [2.05, 4.69) is 33.8 Å². The first-order valence-corrected chi connectivity index (χ1v) is 16.2. The summed E-state index contributed by atoms with van der Waals surface area (Å²) in [5.74, 6) is -2.22. The number of aliphatic hydroxyl groups is 2. The molecule has 1 unspecified atom stereocenters.